The highest BCUT2D eigenvalue weighted by molar-refractivity contribution is 5.90. The van der Waals surface area contributed by atoms with Crippen molar-refractivity contribution in [3.63, 3.8) is 0 Å². The summed E-state index contributed by atoms with van der Waals surface area (Å²) < 4.78 is 16.1. The van der Waals surface area contributed by atoms with Gasteiger partial charge < -0.3 is 29.8 Å². The number of nitrogens with one attached hydrogen (secondary N) is 1. The third-order valence-electron chi connectivity index (χ3n) is 5.53. The van der Waals surface area contributed by atoms with Gasteiger partial charge in [0.25, 0.3) is 0 Å². The van der Waals surface area contributed by atoms with Crippen LogP contribution in [-0.4, -0.2) is 52.9 Å². The number of anilines is 1. The van der Waals surface area contributed by atoms with Gasteiger partial charge in [0.1, 0.15) is 23.7 Å². The molecule has 1 unspecified atom stereocenters. The molecule has 0 radical (unpaired) electrons. The molecule has 0 bridgehead atoms. The van der Waals surface area contributed by atoms with Crippen LogP contribution in [0.2, 0.25) is 0 Å². The number of hydrogen-bond acceptors (Lipinski definition) is 11. The Kier molecular flexibility index (Phi) is 7.05. The summed E-state index contributed by atoms with van der Waals surface area (Å²) in [6, 6.07) is 5.12. The molecule has 1 fully saturated rings. The fourth-order valence-electron chi connectivity index (χ4n) is 4.04. The minimum atomic E-state index is -0.792. The molecule has 2 amide bonds. The number of fused-ring (bicyclic) bond motifs is 1. The zero-order valence-electron chi connectivity index (χ0n) is 19.1. The van der Waals surface area contributed by atoms with E-state index in [1.165, 1.54) is 24.1 Å². The second-order valence-electron chi connectivity index (χ2n) is 7.93. The Bertz CT molecular complexity index is 1390. The average Bonchev–Trinajstić information content (AvgIpc) is 3.32. The predicted octanol–water partition coefficient (Wildman–Crippen LogP) is 1.00. The Morgan fingerprint density at radius 1 is 1.33 bits per heavy atom. The number of carbonyl (C=O) groups excluding carboxylic acids is 2. The molecule has 3 aromatic rings. The van der Waals surface area contributed by atoms with Crippen LogP contribution in [0.3, 0.4) is 0 Å². The first-order valence-corrected chi connectivity index (χ1v) is 10.8. The predicted molar refractivity (Wildman–Crippen MR) is 125 cm³/mol. The van der Waals surface area contributed by atoms with Gasteiger partial charge in [0.05, 0.1) is 18.1 Å². The number of benzene rings is 1. The molecule has 188 valence electrons. The largest absolute Gasteiger partial charge is 0.433 e. The average molecular weight is 498 g/mol. The second kappa shape index (κ2) is 10.4. The highest BCUT2D eigenvalue weighted by atomic mass is 16.6. The smallest absolute Gasteiger partial charge is 0.373 e. The van der Waals surface area contributed by atoms with Gasteiger partial charge in [0.2, 0.25) is 17.6 Å². The van der Waals surface area contributed by atoms with Gasteiger partial charge in [-0.2, -0.15) is 4.98 Å². The zero-order chi connectivity index (χ0) is 25.8. The van der Waals surface area contributed by atoms with E-state index >= 15 is 0 Å². The number of carbonyl (C=O) groups is 2. The molecule has 2 aromatic heterocycles. The Hall–Kier alpha value is -4.59. The van der Waals surface area contributed by atoms with Gasteiger partial charge in [-0.05, 0) is 30.5 Å². The standard InChI is InChI=1S/C22H22N6O8/c1-34-10-12-7-18(30)36-16-8-13(4-5-14(12)16)35-22-19(28(32)33)20(25-11-26-22)27-6-2-3-15(27)21(31)24-9-17(23)29/h4-5,7-8,11,15H,2-3,6,9-10H2,1H3,(H2,23,29)(H,24,31). The van der Waals surface area contributed by atoms with Crippen molar-refractivity contribution in [3.05, 3.63) is 56.7 Å². The van der Waals surface area contributed by atoms with Crippen molar-refractivity contribution < 1.29 is 28.4 Å². The summed E-state index contributed by atoms with van der Waals surface area (Å²) in [4.78, 5) is 56.3. The first kappa shape index (κ1) is 24.5. The van der Waals surface area contributed by atoms with E-state index in [0.29, 0.717) is 30.3 Å². The van der Waals surface area contributed by atoms with Crippen molar-refractivity contribution in [1.82, 2.24) is 15.3 Å². The van der Waals surface area contributed by atoms with Gasteiger partial charge in [-0.25, -0.2) is 9.78 Å². The zero-order valence-corrected chi connectivity index (χ0v) is 19.1. The SMILES string of the molecule is COCc1cc(=O)oc2cc(Oc3ncnc(N4CCCC4C(=O)NCC(N)=O)c3[N+](=O)[O-])ccc12. The van der Waals surface area contributed by atoms with Crippen LogP contribution in [-0.2, 0) is 20.9 Å². The number of ether oxygens (including phenoxy) is 2. The van der Waals surface area contributed by atoms with Crippen LogP contribution in [0.15, 0.2) is 39.8 Å². The fourth-order valence-corrected chi connectivity index (χ4v) is 4.04. The molecule has 1 saturated heterocycles. The van der Waals surface area contributed by atoms with Crippen LogP contribution < -0.4 is 26.3 Å². The molecule has 36 heavy (non-hydrogen) atoms. The number of aromatic nitrogens is 2. The van der Waals surface area contributed by atoms with Crippen LogP contribution in [0.5, 0.6) is 11.6 Å². The van der Waals surface area contributed by atoms with Crippen molar-refractivity contribution in [3.8, 4) is 11.6 Å². The van der Waals surface area contributed by atoms with Gasteiger partial charge in [0.15, 0.2) is 0 Å². The molecular weight excluding hydrogens is 476 g/mol. The minimum Gasteiger partial charge on any atom is -0.433 e. The first-order chi connectivity index (χ1) is 17.3. The van der Waals surface area contributed by atoms with Crippen LogP contribution >= 0.6 is 0 Å². The summed E-state index contributed by atoms with van der Waals surface area (Å²) >= 11 is 0. The highest BCUT2D eigenvalue weighted by Gasteiger charge is 2.38. The Morgan fingerprint density at radius 3 is 2.86 bits per heavy atom. The van der Waals surface area contributed by atoms with E-state index in [4.69, 9.17) is 19.6 Å². The van der Waals surface area contributed by atoms with E-state index in [1.807, 2.05) is 0 Å². The summed E-state index contributed by atoms with van der Waals surface area (Å²) in [5.41, 5.74) is 4.77. The lowest BCUT2D eigenvalue weighted by atomic mass is 10.1. The van der Waals surface area contributed by atoms with Gasteiger partial charge in [-0.15, -0.1) is 0 Å². The molecule has 3 N–H and O–H groups in total. The van der Waals surface area contributed by atoms with E-state index in [1.54, 1.807) is 12.1 Å². The highest BCUT2D eigenvalue weighted by Crippen LogP contribution is 2.39. The molecule has 1 aliphatic rings. The van der Waals surface area contributed by atoms with Crippen molar-refractivity contribution in [2.75, 3.05) is 25.1 Å². The number of nitrogens with two attached hydrogens (primary N) is 1. The topological polar surface area (TPSA) is 193 Å². The van der Waals surface area contributed by atoms with Crippen LogP contribution in [0.1, 0.15) is 18.4 Å². The van der Waals surface area contributed by atoms with Gasteiger partial charge in [-0.3, -0.25) is 19.7 Å². The normalized spacial score (nSPS) is 15.1. The van der Waals surface area contributed by atoms with Crippen LogP contribution in [0.25, 0.3) is 11.0 Å². The number of rotatable bonds is 9. The number of nitrogens with zero attached hydrogens (tertiary/aromatic N) is 4. The summed E-state index contributed by atoms with van der Waals surface area (Å²) in [7, 11) is 1.50. The molecule has 1 aliphatic heterocycles. The van der Waals surface area contributed by atoms with E-state index in [-0.39, 0.29) is 36.2 Å². The number of amides is 2. The summed E-state index contributed by atoms with van der Waals surface area (Å²) in [5.74, 6) is -1.54. The Morgan fingerprint density at radius 2 is 2.14 bits per heavy atom. The van der Waals surface area contributed by atoms with Gasteiger partial charge in [0, 0.05) is 31.2 Å². The molecular formula is C22H22N6O8. The molecule has 3 heterocycles. The first-order valence-electron chi connectivity index (χ1n) is 10.8. The summed E-state index contributed by atoms with van der Waals surface area (Å²) in [6.45, 7) is 0.149. The maximum atomic E-state index is 12.6. The number of primary amides is 1. The quantitative estimate of drug-likeness (QED) is 0.243. The van der Waals surface area contributed by atoms with E-state index in [9.17, 15) is 24.5 Å². The fraction of sp³-hybridized carbons (Fsp3) is 0.318. The molecule has 1 atom stereocenters. The lowest BCUT2D eigenvalue weighted by Gasteiger charge is -2.24. The lowest BCUT2D eigenvalue weighted by molar-refractivity contribution is -0.385. The summed E-state index contributed by atoms with van der Waals surface area (Å²) in [5, 5.41) is 15.1. The monoisotopic (exact) mass is 498 g/mol. The molecule has 14 heteroatoms. The van der Waals surface area contributed by atoms with Crippen molar-refractivity contribution in [1.29, 1.82) is 0 Å². The van der Waals surface area contributed by atoms with Crippen LogP contribution in [0.4, 0.5) is 11.5 Å². The molecule has 0 aliphatic carbocycles. The summed E-state index contributed by atoms with van der Waals surface area (Å²) in [6.07, 6.45) is 2.06. The Labute approximate surface area is 203 Å². The van der Waals surface area contributed by atoms with Gasteiger partial charge in [-0.1, -0.05) is 0 Å². The van der Waals surface area contributed by atoms with Crippen molar-refractivity contribution in [2.45, 2.75) is 25.5 Å². The maximum Gasteiger partial charge on any atom is 0.373 e. The van der Waals surface area contributed by atoms with Gasteiger partial charge >= 0.3 is 17.2 Å². The lowest BCUT2D eigenvalue weighted by Crippen LogP contribution is -2.46. The molecule has 1 aromatic carbocycles. The minimum absolute atomic E-state index is 0.101. The third-order valence-corrected chi connectivity index (χ3v) is 5.53. The van der Waals surface area contributed by atoms with Crippen LogP contribution in [0, 0.1) is 10.1 Å². The number of methoxy groups -OCH3 is 1. The second-order valence-corrected chi connectivity index (χ2v) is 7.93. The molecule has 4 rings (SSSR count). The third kappa shape index (κ3) is 5.07. The maximum absolute atomic E-state index is 12.6. The van der Waals surface area contributed by atoms with E-state index < -0.39 is 34.1 Å². The van der Waals surface area contributed by atoms with E-state index in [0.717, 1.165) is 6.33 Å². The van der Waals surface area contributed by atoms with E-state index in [2.05, 4.69) is 15.3 Å². The Balaban J connectivity index is 1.68. The molecule has 0 saturated carbocycles. The molecule has 14 nitrogen and oxygen atoms in total. The van der Waals surface area contributed by atoms with Crippen molar-refractivity contribution in [2.24, 2.45) is 5.73 Å². The van der Waals surface area contributed by atoms with Crippen molar-refractivity contribution >= 4 is 34.3 Å². The molecule has 0 spiro atoms. The number of nitro groups is 1. The number of hydrogen-bond donors (Lipinski definition) is 2.